The lowest BCUT2D eigenvalue weighted by molar-refractivity contribution is -0.870. The molecule has 66 heavy (non-hydrogen) atoms. The molecule has 0 aliphatic rings. The predicted octanol–water partition coefficient (Wildman–Crippen LogP) is 15.7. The molecule has 3 unspecified atom stereocenters. The van der Waals surface area contributed by atoms with Crippen molar-refractivity contribution in [1.29, 1.82) is 0 Å². The highest BCUT2D eigenvalue weighted by atomic mass is 31.2. The molecule has 384 valence electrons. The van der Waals surface area contributed by atoms with Crippen molar-refractivity contribution in [2.45, 2.75) is 244 Å². The highest BCUT2D eigenvalue weighted by molar-refractivity contribution is 7.45. The summed E-state index contributed by atoms with van der Waals surface area (Å²) in [5.74, 6) is -0.211. The number of likely N-dealkylation sites (N-methyl/N-ethyl adjacent to an activating group) is 1. The molecular formula is C57H105N2O6P. The summed E-state index contributed by atoms with van der Waals surface area (Å²) >= 11 is 0. The number of amides is 1. The van der Waals surface area contributed by atoms with E-state index in [-0.39, 0.29) is 12.5 Å². The Hall–Kier alpha value is -2.06. The molecule has 1 amide bonds. The molecule has 0 bridgehead atoms. The minimum Gasteiger partial charge on any atom is -0.756 e. The van der Waals surface area contributed by atoms with E-state index in [0.29, 0.717) is 17.4 Å². The normalized spacial score (nSPS) is 14.6. The van der Waals surface area contributed by atoms with Gasteiger partial charge in [0.15, 0.2) is 0 Å². The number of hydrogen-bond donors (Lipinski definition) is 2. The van der Waals surface area contributed by atoms with Crippen LogP contribution in [0.25, 0.3) is 0 Å². The Morgan fingerprint density at radius 1 is 0.545 bits per heavy atom. The molecule has 0 aromatic rings. The third-order valence-electron chi connectivity index (χ3n) is 11.9. The van der Waals surface area contributed by atoms with Crippen molar-refractivity contribution >= 4 is 13.7 Å². The molecule has 8 nitrogen and oxygen atoms in total. The molecule has 0 saturated heterocycles. The standard InChI is InChI=1S/C57H105N2O6P/c1-6-8-10-12-14-16-18-20-22-24-26-27-28-29-30-31-33-35-37-39-41-43-45-47-49-51-57(61)58-55(54-65-66(62,63)64-53-52-59(3,4)5)56(60)50-48-46-44-42-40-38-36-34-32-25-23-21-19-17-15-13-11-9-7-2/h8,10,14,16,20,22,26-27,40,42,48,50,55-56,60H,6-7,9,11-13,15,17-19,21,23-25,28-39,41,43-47,49,51-54H2,1-5H3,(H-,58,61,62,63)/b10-8-,16-14-,22-20-,27-26-,42-40+,50-48+. The van der Waals surface area contributed by atoms with Crippen LogP contribution < -0.4 is 10.2 Å². The minimum absolute atomic E-state index is 0.00908. The first kappa shape index (κ1) is 63.9. The lowest BCUT2D eigenvalue weighted by atomic mass is 10.0. The van der Waals surface area contributed by atoms with Crippen LogP contribution in [0.4, 0.5) is 0 Å². The van der Waals surface area contributed by atoms with Gasteiger partial charge in [0.2, 0.25) is 5.91 Å². The molecule has 0 saturated carbocycles. The second-order valence-electron chi connectivity index (χ2n) is 19.5. The number of phosphoric ester groups is 1. The average molecular weight is 945 g/mol. The molecule has 0 rings (SSSR count). The number of nitrogens with zero attached hydrogens (tertiary/aromatic N) is 1. The second kappa shape index (κ2) is 48.0. The van der Waals surface area contributed by atoms with E-state index in [9.17, 15) is 19.4 Å². The van der Waals surface area contributed by atoms with Crippen LogP contribution in [0.2, 0.25) is 0 Å². The molecule has 2 N–H and O–H groups in total. The molecule has 3 atom stereocenters. The van der Waals surface area contributed by atoms with Gasteiger partial charge in [0.05, 0.1) is 39.9 Å². The third-order valence-corrected chi connectivity index (χ3v) is 12.9. The number of hydrogen-bond acceptors (Lipinski definition) is 6. The van der Waals surface area contributed by atoms with Gasteiger partial charge in [-0.1, -0.05) is 228 Å². The lowest BCUT2D eigenvalue weighted by Crippen LogP contribution is -2.45. The summed E-state index contributed by atoms with van der Waals surface area (Å²) in [6.45, 7) is 4.52. The molecule has 0 aliphatic carbocycles. The topological polar surface area (TPSA) is 108 Å². The molecular weight excluding hydrogens is 840 g/mol. The molecule has 0 spiro atoms. The first-order chi connectivity index (χ1) is 32.0. The van der Waals surface area contributed by atoms with E-state index < -0.39 is 26.6 Å². The highest BCUT2D eigenvalue weighted by Crippen LogP contribution is 2.38. The maximum absolute atomic E-state index is 12.9. The number of phosphoric acid groups is 1. The van der Waals surface area contributed by atoms with E-state index >= 15 is 0 Å². The van der Waals surface area contributed by atoms with Gasteiger partial charge in [0.1, 0.15) is 13.2 Å². The number of aliphatic hydroxyl groups excluding tert-OH is 1. The quantitative estimate of drug-likeness (QED) is 0.0272. The fourth-order valence-electron chi connectivity index (χ4n) is 7.63. The summed E-state index contributed by atoms with van der Waals surface area (Å²) < 4.78 is 23.3. The summed E-state index contributed by atoms with van der Waals surface area (Å²) in [6, 6.07) is -0.908. The van der Waals surface area contributed by atoms with E-state index in [1.807, 2.05) is 27.2 Å². The molecule has 9 heteroatoms. The van der Waals surface area contributed by atoms with Crippen LogP contribution in [0, 0.1) is 0 Å². The average Bonchev–Trinajstić information content (AvgIpc) is 3.28. The van der Waals surface area contributed by atoms with Gasteiger partial charge in [-0.15, -0.1) is 0 Å². The van der Waals surface area contributed by atoms with Crippen LogP contribution in [0.15, 0.2) is 72.9 Å². The summed E-state index contributed by atoms with van der Waals surface area (Å²) in [7, 11) is 1.24. The van der Waals surface area contributed by atoms with Crippen molar-refractivity contribution in [3.8, 4) is 0 Å². The van der Waals surface area contributed by atoms with Crippen molar-refractivity contribution in [2.24, 2.45) is 0 Å². The van der Waals surface area contributed by atoms with Crippen LogP contribution in [-0.4, -0.2) is 68.5 Å². The fraction of sp³-hybridized carbons (Fsp3) is 0.772. The highest BCUT2D eigenvalue weighted by Gasteiger charge is 2.23. The Morgan fingerprint density at radius 3 is 1.41 bits per heavy atom. The molecule has 0 aromatic heterocycles. The van der Waals surface area contributed by atoms with E-state index in [4.69, 9.17) is 9.05 Å². The number of aliphatic hydroxyl groups is 1. The third kappa shape index (κ3) is 49.8. The SMILES string of the molecule is CC/C=C\C/C=C\C/C=C\C/C=C\CCCCCCCCCCCCCCC(=O)NC(COP(=O)([O-])OCC[N+](C)(C)C)C(O)/C=C/CC/C=C/CCCCCCCCCCCCCCC. The van der Waals surface area contributed by atoms with Crippen LogP contribution in [0.3, 0.4) is 0 Å². The van der Waals surface area contributed by atoms with Gasteiger partial charge in [-0.2, -0.15) is 0 Å². The zero-order chi connectivity index (χ0) is 48.5. The van der Waals surface area contributed by atoms with Crippen molar-refractivity contribution in [2.75, 3.05) is 40.9 Å². The number of carbonyl (C=O) groups is 1. The molecule has 0 fully saturated rings. The van der Waals surface area contributed by atoms with E-state index in [2.05, 4.69) is 79.9 Å². The first-order valence-electron chi connectivity index (χ1n) is 27.3. The zero-order valence-electron chi connectivity index (χ0n) is 43.6. The summed E-state index contributed by atoms with van der Waals surface area (Å²) in [5.41, 5.74) is 0. The van der Waals surface area contributed by atoms with Gasteiger partial charge in [-0.3, -0.25) is 9.36 Å². The number of carbonyl (C=O) groups excluding carboxylic acids is 1. The number of nitrogens with one attached hydrogen (secondary N) is 1. The molecule has 0 radical (unpaired) electrons. The van der Waals surface area contributed by atoms with Crippen LogP contribution in [-0.2, 0) is 18.4 Å². The maximum atomic E-state index is 12.9. The van der Waals surface area contributed by atoms with Gasteiger partial charge < -0.3 is 28.8 Å². The lowest BCUT2D eigenvalue weighted by Gasteiger charge is -2.29. The largest absolute Gasteiger partial charge is 0.756 e. The minimum atomic E-state index is -4.61. The summed E-state index contributed by atoms with van der Waals surface area (Å²) in [5, 5.41) is 13.8. The maximum Gasteiger partial charge on any atom is 0.268 e. The molecule has 0 aromatic carbocycles. The van der Waals surface area contributed by atoms with Gasteiger partial charge in [-0.05, 0) is 70.6 Å². The van der Waals surface area contributed by atoms with Gasteiger partial charge in [0.25, 0.3) is 7.82 Å². The smallest absolute Gasteiger partial charge is 0.268 e. The van der Waals surface area contributed by atoms with Crippen LogP contribution in [0.1, 0.15) is 232 Å². The zero-order valence-corrected chi connectivity index (χ0v) is 44.5. The van der Waals surface area contributed by atoms with Gasteiger partial charge in [0, 0.05) is 6.42 Å². The number of quaternary nitrogens is 1. The van der Waals surface area contributed by atoms with E-state index in [0.717, 1.165) is 64.2 Å². The Bertz CT molecular complexity index is 1300. The number of allylic oxidation sites excluding steroid dienone is 11. The van der Waals surface area contributed by atoms with Crippen molar-refractivity contribution in [3.63, 3.8) is 0 Å². The van der Waals surface area contributed by atoms with Crippen molar-refractivity contribution < 1.29 is 32.9 Å². The molecule has 0 aliphatic heterocycles. The van der Waals surface area contributed by atoms with Crippen LogP contribution >= 0.6 is 7.82 Å². The summed E-state index contributed by atoms with van der Waals surface area (Å²) in [4.78, 5) is 25.5. The molecule has 0 heterocycles. The Balaban J connectivity index is 4.29. The first-order valence-corrected chi connectivity index (χ1v) is 28.8. The predicted molar refractivity (Wildman–Crippen MR) is 284 cm³/mol. The van der Waals surface area contributed by atoms with E-state index in [1.165, 1.54) is 148 Å². The van der Waals surface area contributed by atoms with E-state index in [1.54, 1.807) is 6.08 Å². The second-order valence-corrected chi connectivity index (χ2v) is 21.0. The Labute approximate surface area is 408 Å². The van der Waals surface area contributed by atoms with Crippen LogP contribution in [0.5, 0.6) is 0 Å². The van der Waals surface area contributed by atoms with Crippen molar-refractivity contribution in [3.05, 3.63) is 72.9 Å². The fourth-order valence-corrected chi connectivity index (χ4v) is 8.35. The number of unbranched alkanes of at least 4 members (excludes halogenated alkanes) is 26. The Kier molecular flexibility index (Phi) is 46.5. The number of rotatable bonds is 49. The summed E-state index contributed by atoms with van der Waals surface area (Å²) in [6.07, 6.45) is 65.4. The Morgan fingerprint density at radius 2 is 0.939 bits per heavy atom. The monoisotopic (exact) mass is 945 g/mol. The van der Waals surface area contributed by atoms with Crippen molar-refractivity contribution in [1.82, 2.24) is 5.32 Å². The van der Waals surface area contributed by atoms with Gasteiger partial charge >= 0.3 is 0 Å². The van der Waals surface area contributed by atoms with Gasteiger partial charge in [-0.25, -0.2) is 0 Å².